The van der Waals surface area contributed by atoms with Gasteiger partial charge in [-0.1, -0.05) is 41.9 Å². The molecule has 2 aromatic rings. The Kier molecular flexibility index (Phi) is 5.50. The number of likely N-dealkylation sites (tertiary alicyclic amines) is 1. The van der Waals surface area contributed by atoms with Gasteiger partial charge >= 0.3 is 5.69 Å². The standard InChI is InChI=1S/C18H21ClN4O2/c1-21(18-16(23(24)25)7-8-17(19)20-18)15-9-11-22(12-10-15)13-14-5-3-2-4-6-14/h2-8,15H,9-13H2,1H3. The average molecular weight is 361 g/mol. The second-order valence-corrected chi connectivity index (χ2v) is 6.72. The first-order chi connectivity index (χ1) is 12.0. The number of hydrogen-bond acceptors (Lipinski definition) is 5. The lowest BCUT2D eigenvalue weighted by Crippen LogP contribution is -2.43. The third kappa shape index (κ3) is 4.27. The van der Waals surface area contributed by atoms with Crippen molar-refractivity contribution < 1.29 is 4.92 Å². The minimum absolute atomic E-state index is 0.00128. The van der Waals surface area contributed by atoms with Gasteiger partial charge < -0.3 is 4.90 Å². The zero-order valence-corrected chi connectivity index (χ0v) is 14.9. The fraction of sp³-hybridized carbons (Fsp3) is 0.389. The first kappa shape index (κ1) is 17.6. The van der Waals surface area contributed by atoms with Crippen molar-refractivity contribution in [3.05, 3.63) is 63.3 Å². The largest absolute Gasteiger partial charge is 0.351 e. The Morgan fingerprint density at radius 3 is 2.56 bits per heavy atom. The average Bonchev–Trinajstić information content (AvgIpc) is 2.62. The Bertz CT molecular complexity index is 733. The quantitative estimate of drug-likeness (QED) is 0.461. The number of anilines is 1. The molecule has 1 saturated heterocycles. The molecular formula is C18H21ClN4O2. The Morgan fingerprint density at radius 2 is 1.92 bits per heavy atom. The highest BCUT2D eigenvalue weighted by atomic mass is 35.5. The minimum Gasteiger partial charge on any atom is -0.351 e. The smallest absolute Gasteiger partial charge is 0.311 e. The molecule has 132 valence electrons. The molecule has 1 aliphatic heterocycles. The summed E-state index contributed by atoms with van der Waals surface area (Å²) in [6, 6.07) is 13.5. The molecule has 0 amide bonds. The van der Waals surface area contributed by atoms with Crippen LogP contribution in [0.25, 0.3) is 0 Å². The van der Waals surface area contributed by atoms with Crippen LogP contribution in [0.15, 0.2) is 42.5 Å². The molecule has 6 nitrogen and oxygen atoms in total. The molecule has 3 rings (SSSR count). The monoisotopic (exact) mass is 360 g/mol. The van der Waals surface area contributed by atoms with Crippen molar-refractivity contribution in [2.75, 3.05) is 25.0 Å². The Morgan fingerprint density at radius 1 is 1.24 bits per heavy atom. The van der Waals surface area contributed by atoms with Crippen LogP contribution in [0.4, 0.5) is 11.5 Å². The zero-order chi connectivity index (χ0) is 17.8. The molecule has 0 unspecified atom stereocenters. The molecule has 0 atom stereocenters. The fourth-order valence-corrected chi connectivity index (χ4v) is 3.44. The molecule has 0 N–H and O–H groups in total. The van der Waals surface area contributed by atoms with E-state index in [0.717, 1.165) is 32.5 Å². The summed E-state index contributed by atoms with van der Waals surface area (Å²) >= 11 is 5.95. The molecule has 0 radical (unpaired) electrons. The van der Waals surface area contributed by atoms with Gasteiger partial charge in [-0.15, -0.1) is 0 Å². The maximum absolute atomic E-state index is 11.3. The van der Waals surface area contributed by atoms with E-state index in [4.69, 9.17) is 11.6 Å². The molecule has 1 aromatic heterocycles. The van der Waals surface area contributed by atoms with Crippen molar-refractivity contribution in [2.24, 2.45) is 0 Å². The molecule has 7 heteroatoms. The van der Waals surface area contributed by atoms with Crippen LogP contribution in [0.2, 0.25) is 5.15 Å². The van der Waals surface area contributed by atoms with Crippen LogP contribution in [-0.4, -0.2) is 41.0 Å². The van der Waals surface area contributed by atoms with Gasteiger partial charge in [0, 0.05) is 38.8 Å². The third-order valence-electron chi connectivity index (χ3n) is 4.71. The zero-order valence-electron chi connectivity index (χ0n) is 14.1. The van der Waals surface area contributed by atoms with E-state index in [2.05, 4.69) is 34.1 Å². The van der Waals surface area contributed by atoms with Crippen LogP contribution in [-0.2, 0) is 6.54 Å². The Hall–Kier alpha value is -2.18. The lowest BCUT2D eigenvalue weighted by atomic mass is 10.0. The van der Waals surface area contributed by atoms with Crippen LogP contribution in [0.1, 0.15) is 18.4 Å². The van der Waals surface area contributed by atoms with Crippen LogP contribution in [0.3, 0.4) is 0 Å². The summed E-state index contributed by atoms with van der Waals surface area (Å²) in [5.41, 5.74) is 1.31. The van der Waals surface area contributed by atoms with Gasteiger partial charge in [0.05, 0.1) is 4.92 Å². The summed E-state index contributed by atoms with van der Waals surface area (Å²) < 4.78 is 0. The SMILES string of the molecule is CN(c1nc(Cl)ccc1[N+](=O)[O-])C1CCN(Cc2ccccc2)CC1. The van der Waals surface area contributed by atoms with Gasteiger partial charge in [0.1, 0.15) is 5.15 Å². The molecule has 1 aliphatic rings. The summed E-state index contributed by atoms with van der Waals surface area (Å²) in [6.45, 7) is 2.85. The van der Waals surface area contributed by atoms with Crippen LogP contribution in [0, 0.1) is 10.1 Å². The first-order valence-electron chi connectivity index (χ1n) is 8.34. The predicted molar refractivity (Wildman–Crippen MR) is 99.0 cm³/mol. The summed E-state index contributed by atoms with van der Waals surface area (Å²) in [5.74, 6) is 0.346. The second kappa shape index (κ2) is 7.80. The number of halogens is 1. The van der Waals surface area contributed by atoms with Gasteiger partial charge in [-0.2, -0.15) is 0 Å². The molecule has 0 aliphatic carbocycles. The Balaban J connectivity index is 1.65. The number of nitrogens with zero attached hydrogens (tertiary/aromatic N) is 4. The van der Waals surface area contributed by atoms with Gasteiger partial charge in [0.25, 0.3) is 0 Å². The van der Waals surface area contributed by atoms with Crippen molar-refractivity contribution in [3.8, 4) is 0 Å². The minimum atomic E-state index is -0.403. The van der Waals surface area contributed by atoms with Crippen molar-refractivity contribution in [2.45, 2.75) is 25.4 Å². The highest BCUT2D eigenvalue weighted by Crippen LogP contribution is 2.30. The summed E-state index contributed by atoms with van der Waals surface area (Å²) in [6.07, 6.45) is 1.88. The first-order valence-corrected chi connectivity index (χ1v) is 8.72. The topological polar surface area (TPSA) is 62.5 Å². The maximum atomic E-state index is 11.3. The number of nitro groups is 1. The Labute approximate surface area is 152 Å². The van der Waals surface area contributed by atoms with Crippen molar-refractivity contribution in [1.29, 1.82) is 0 Å². The van der Waals surface area contributed by atoms with Gasteiger partial charge in [-0.05, 0) is 24.5 Å². The number of pyridine rings is 1. The van der Waals surface area contributed by atoms with Gasteiger partial charge in [-0.3, -0.25) is 15.0 Å². The second-order valence-electron chi connectivity index (χ2n) is 6.34. The molecular weight excluding hydrogens is 340 g/mol. The maximum Gasteiger partial charge on any atom is 0.311 e. The van der Waals surface area contributed by atoms with Crippen LogP contribution in [0.5, 0.6) is 0 Å². The van der Waals surface area contributed by atoms with Gasteiger partial charge in [-0.25, -0.2) is 4.98 Å². The summed E-state index contributed by atoms with van der Waals surface area (Å²) in [7, 11) is 1.86. The molecule has 1 fully saturated rings. The highest BCUT2D eigenvalue weighted by Gasteiger charge is 2.28. The lowest BCUT2D eigenvalue weighted by molar-refractivity contribution is -0.384. The van der Waals surface area contributed by atoms with E-state index in [9.17, 15) is 10.1 Å². The molecule has 25 heavy (non-hydrogen) atoms. The van der Waals surface area contributed by atoms with E-state index in [1.165, 1.54) is 17.7 Å². The number of piperidine rings is 1. The molecule has 1 aromatic carbocycles. The van der Waals surface area contributed by atoms with E-state index < -0.39 is 4.92 Å². The van der Waals surface area contributed by atoms with E-state index in [1.807, 2.05) is 18.0 Å². The summed E-state index contributed by atoms with van der Waals surface area (Å²) in [4.78, 5) is 19.4. The molecule has 2 heterocycles. The normalized spacial score (nSPS) is 15.9. The van der Waals surface area contributed by atoms with Crippen LogP contribution >= 0.6 is 11.6 Å². The van der Waals surface area contributed by atoms with Gasteiger partial charge in [0.15, 0.2) is 0 Å². The number of hydrogen-bond donors (Lipinski definition) is 0. The number of benzene rings is 1. The third-order valence-corrected chi connectivity index (χ3v) is 4.92. The number of aromatic nitrogens is 1. The highest BCUT2D eigenvalue weighted by molar-refractivity contribution is 6.29. The molecule has 0 bridgehead atoms. The summed E-state index contributed by atoms with van der Waals surface area (Å²) in [5, 5.41) is 11.5. The molecule has 0 saturated carbocycles. The predicted octanol–water partition coefficient (Wildman–Crippen LogP) is 3.74. The van der Waals surface area contributed by atoms with E-state index in [-0.39, 0.29) is 16.9 Å². The van der Waals surface area contributed by atoms with Crippen molar-refractivity contribution >= 4 is 23.1 Å². The fourth-order valence-electron chi connectivity index (χ4n) is 3.30. The van der Waals surface area contributed by atoms with Crippen LogP contribution < -0.4 is 4.90 Å². The van der Waals surface area contributed by atoms with E-state index in [0.29, 0.717) is 5.82 Å². The van der Waals surface area contributed by atoms with Gasteiger partial charge in [0.2, 0.25) is 5.82 Å². The van der Waals surface area contributed by atoms with Crippen molar-refractivity contribution in [3.63, 3.8) is 0 Å². The van der Waals surface area contributed by atoms with E-state index >= 15 is 0 Å². The number of rotatable bonds is 5. The lowest BCUT2D eigenvalue weighted by Gasteiger charge is -2.37. The van der Waals surface area contributed by atoms with E-state index in [1.54, 1.807) is 0 Å². The molecule has 0 spiro atoms. The van der Waals surface area contributed by atoms with Crippen molar-refractivity contribution in [1.82, 2.24) is 9.88 Å².